The van der Waals surface area contributed by atoms with Gasteiger partial charge in [-0.3, -0.25) is 4.98 Å². The highest BCUT2D eigenvalue weighted by Crippen LogP contribution is 2.41. The Kier molecular flexibility index (Phi) is 11.0. The minimum absolute atomic E-state index is 0.0138. The van der Waals surface area contributed by atoms with E-state index in [4.69, 9.17) is 13.9 Å². The highest BCUT2D eigenvalue weighted by molar-refractivity contribution is 7.90. The van der Waals surface area contributed by atoms with Gasteiger partial charge in [-0.1, -0.05) is 57.2 Å². The molecule has 1 aromatic carbocycles. The first-order valence-electron chi connectivity index (χ1n) is 12.2. The van der Waals surface area contributed by atoms with Gasteiger partial charge < -0.3 is 18.5 Å². The minimum Gasteiger partial charge on any atom is -0.598 e. The van der Waals surface area contributed by atoms with Crippen LogP contribution in [0.2, 0.25) is 18.1 Å². The van der Waals surface area contributed by atoms with Crippen LogP contribution in [0.4, 0.5) is 0 Å². The van der Waals surface area contributed by atoms with E-state index in [0.717, 1.165) is 11.3 Å². The van der Waals surface area contributed by atoms with Gasteiger partial charge in [0.05, 0.1) is 18.9 Å². The van der Waals surface area contributed by atoms with Crippen molar-refractivity contribution in [1.82, 2.24) is 9.71 Å². The van der Waals surface area contributed by atoms with Crippen molar-refractivity contribution in [3.63, 3.8) is 0 Å². The van der Waals surface area contributed by atoms with Crippen molar-refractivity contribution in [2.45, 2.75) is 89.3 Å². The predicted molar refractivity (Wildman–Crippen MR) is 147 cm³/mol. The second-order valence-corrected chi connectivity index (χ2v) is 18.1. The molecule has 0 spiro atoms. The predicted octanol–water partition coefficient (Wildman–Crippen LogP) is 5.80. The van der Waals surface area contributed by atoms with E-state index in [2.05, 4.69) is 43.6 Å². The Labute approximate surface area is 216 Å². The quantitative estimate of drug-likeness (QED) is 0.282. The summed E-state index contributed by atoms with van der Waals surface area (Å²) < 4.78 is 35.2. The molecule has 0 bridgehead atoms. The van der Waals surface area contributed by atoms with E-state index >= 15 is 0 Å². The lowest BCUT2D eigenvalue weighted by Crippen LogP contribution is -2.56. The molecule has 4 unspecified atom stereocenters. The number of aromatic nitrogens is 1. The zero-order chi connectivity index (χ0) is 26.3. The zero-order valence-electron chi connectivity index (χ0n) is 22.8. The largest absolute Gasteiger partial charge is 0.598 e. The highest BCUT2D eigenvalue weighted by atomic mass is 32.2. The van der Waals surface area contributed by atoms with E-state index in [9.17, 15) is 4.55 Å². The Morgan fingerprint density at radius 1 is 1.00 bits per heavy atom. The molecular formula is C27H44N2O4SSi. The summed E-state index contributed by atoms with van der Waals surface area (Å²) in [6.45, 7) is 17.7. The molecule has 2 rings (SSSR count). The summed E-state index contributed by atoms with van der Waals surface area (Å²) in [5, 5.41) is -0.0138. The molecule has 4 atom stereocenters. The minimum atomic E-state index is -2.23. The molecule has 0 aliphatic heterocycles. The smallest absolute Gasteiger partial charge is 0.193 e. The van der Waals surface area contributed by atoms with Crippen LogP contribution in [0.15, 0.2) is 54.7 Å². The first kappa shape index (κ1) is 30.0. The fourth-order valence-corrected chi connectivity index (χ4v) is 5.31. The van der Waals surface area contributed by atoms with E-state index in [0.29, 0.717) is 13.2 Å². The third kappa shape index (κ3) is 8.96. The number of benzene rings is 1. The average Bonchev–Trinajstić information content (AvgIpc) is 2.79. The molecule has 0 saturated heterocycles. The van der Waals surface area contributed by atoms with Gasteiger partial charge in [0.2, 0.25) is 0 Å². The van der Waals surface area contributed by atoms with Gasteiger partial charge in [-0.15, -0.1) is 4.72 Å². The molecular weight excluding hydrogens is 476 g/mol. The number of nitrogens with one attached hydrogen (secondary N) is 1. The normalized spacial score (nSPS) is 16.5. The van der Waals surface area contributed by atoms with Crippen molar-refractivity contribution in [1.29, 1.82) is 0 Å². The highest BCUT2D eigenvalue weighted by Gasteiger charge is 2.45. The molecule has 35 heavy (non-hydrogen) atoms. The lowest BCUT2D eigenvalue weighted by atomic mass is 10.0. The fraction of sp³-hybridized carbons (Fsp3) is 0.593. The number of methoxy groups -OCH3 is 1. The third-order valence-corrected chi connectivity index (χ3v) is 12.5. The monoisotopic (exact) mass is 520 g/mol. The number of nitrogens with zero attached hydrogens (tertiary/aromatic N) is 1. The molecule has 6 nitrogen and oxygen atoms in total. The molecule has 0 saturated carbocycles. The Morgan fingerprint density at radius 2 is 1.63 bits per heavy atom. The fourth-order valence-electron chi connectivity index (χ4n) is 3.17. The van der Waals surface area contributed by atoms with Crippen LogP contribution in [-0.2, 0) is 31.9 Å². The van der Waals surface area contributed by atoms with E-state index < -0.39 is 42.7 Å². The van der Waals surface area contributed by atoms with Crippen LogP contribution in [0, 0.1) is 0 Å². The van der Waals surface area contributed by atoms with Gasteiger partial charge in [0.1, 0.15) is 23.0 Å². The number of hydrogen-bond acceptors (Lipinski definition) is 6. The maximum atomic E-state index is 13.3. The number of ether oxygens (including phenoxy) is 2. The van der Waals surface area contributed by atoms with E-state index in [-0.39, 0.29) is 5.04 Å². The molecule has 0 amide bonds. The summed E-state index contributed by atoms with van der Waals surface area (Å²) in [4.78, 5) is 4.64. The standard InChI is InChI=1S/C27H44N2O4SSi/c1-26(2,3)34(30)29-24(23(31-7)20-32-19-21-15-11-10-12-16-21)25(22-17-13-14-18-28-22)33-35(8,9)27(4,5)6/h10-18,23-25,29H,19-20H2,1-9H3. The zero-order valence-corrected chi connectivity index (χ0v) is 24.6. The van der Waals surface area contributed by atoms with Gasteiger partial charge in [0.15, 0.2) is 8.32 Å². The van der Waals surface area contributed by atoms with Crippen molar-refractivity contribution < 1.29 is 18.5 Å². The number of rotatable bonds is 12. The van der Waals surface area contributed by atoms with Crippen LogP contribution in [0.3, 0.4) is 0 Å². The van der Waals surface area contributed by atoms with E-state index in [1.165, 1.54) is 0 Å². The first-order valence-corrected chi connectivity index (χ1v) is 16.2. The van der Waals surface area contributed by atoms with Gasteiger partial charge in [0.25, 0.3) is 0 Å². The van der Waals surface area contributed by atoms with Crippen LogP contribution in [0.25, 0.3) is 0 Å². The molecule has 0 radical (unpaired) electrons. The molecule has 0 aliphatic carbocycles. The third-order valence-electron chi connectivity index (χ3n) is 6.43. The Bertz CT molecular complexity index is 872. The molecule has 8 heteroatoms. The summed E-state index contributed by atoms with van der Waals surface area (Å²) in [6, 6.07) is 15.4. The number of hydrogen-bond donors (Lipinski definition) is 1. The molecule has 196 valence electrons. The number of pyridine rings is 1. The van der Waals surface area contributed by atoms with E-state index in [1.54, 1.807) is 13.3 Å². The van der Waals surface area contributed by atoms with Crippen molar-refractivity contribution in [3.8, 4) is 0 Å². The Balaban J connectivity index is 2.41. The second kappa shape index (κ2) is 12.8. The lowest BCUT2D eigenvalue weighted by molar-refractivity contribution is -0.0389. The molecule has 1 N–H and O–H groups in total. The van der Waals surface area contributed by atoms with Crippen LogP contribution in [0.5, 0.6) is 0 Å². The van der Waals surface area contributed by atoms with Gasteiger partial charge in [-0.2, -0.15) is 0 Å². The molecule has 0 aliphatic rings. The second-order valence-electron chi connectivity index (χ2n) is 11.4. The van der Waals surface area contributed by atoms with Gasteiger partial charge >= 0.3 is 0 Å². The van der Waals surface area contributed by atoms with Crippen LogP contribution < -0.4 is 4.72 Å². The van der Waals surface area contributed by atoms with Crippen molar-refractivity contribution in [3.05, 3.63) is 66.0 Å². The van der Waals surface area contributed by atoms with E-state index in [1.807, 2.05) is 69.3 Å². The molecule has 0 fully saturated rings. The van der Waals surface area contributed by atoms with Crippen molar-refractivity contribution >= 4 is 19.7 Å². The molecule has 1 aromatic heterocycles. The summed E-state index contributed by atoms with van der Waals surface area (Å²) in [7, 11) is -0.569. The summed E-state index contributed by atoms with van der Waals surface area (Å²) in [5.74, 6) is 0. The Morgan fingerprint density at radius 3 is 2.14 bits per heavy atom. The van der Waals surface area contributed by atoms with Gasteiger partial charge in [0, 0.05) is 24.7 Å². The molecule has 1 heterocycles. The summed E-state index contributed by atoms with van der Waals surface area (Å²) in [5.41, 5.74) is 1.87. The SMILES string of the molecule is COC(COCc1ccccc1)C(N[S+]([O-])C(C)(C)C)C(O[Si](C)(C)C(C)(C)C)c1ccccn1. The average molecular weight is 521 g/mol. The first-order chi connectivity index (χ1) is 16.3. The summed E-state index contributed by atoms with van der Waals surface area (Å²) in [6.07, 6.45) is 0.887. The van der Waals surface area contributed by atoms with Gasteiger partial charge in [-0.25, -0.2) is 0 Å². The van der Waals surface area contributed by atoms with Crippen LogP contribution in [0.1, 0.15) is 58.9 Å². The van der Waals surface area contributed by atoms with Crippen LogP contribution in [-0.4, -0.2) is 48.5 Å². The maximum Gasteiger partial charge on any atom is 0.193 e. The topological polar surface area (TPSA) is 75.7 Å². The lowest BCUT2D eigenvalue weighted by Gasteiger charge is -2.43. The van der Waals surface area contributed by atoms with Crippen molar-refractivity contribution in [2.24, 2.45) is 0 Å². The van der Waals surface area contributed by atoms with Gasteiger partial charge in [-0.05, 0) is 56.6 Å². The Hall–Kier alpha value is -1.26. The summed E-state index contributed by atoms with van der Waals surface area (Å²) >= 11 is -1.35. The van der Waals surface area contributed by atoms with Crippen LogP contribution >= 0.6 is 0 Å². The van der Waals surface area contributed by atoms with Crippen molar-refractivity contribution in [2.75, 3.05) is 13.7 Å². The molecule has 2 aromatic rings. The maximum absolute atomic E-state index is 13.3.